The molecule has 2 N–H and O–H groups in total. The van der Waals surface area contributed by atoms with Crippen LogP contribution in [0, 0.1) is 0 Å². The third kappa shape index (κ3) is 5.36. The van der Waals surface area contributed by atoms with Crippen molar-refractivity contribution in [1.82, 2.24) is 20.4 Å². The van der Waals surface area contributed by atoms with Gasteiger partial charge in [0.25, 0.3) is 0 Å². The Hall–Kier alpha value is -1.48. The molecule has 1 saturated heterocycles. The molecule has 1 aliphatic carbocycles. The molecule has 2 aromatic rings. The fourth-order valence-corrected chi connectivity index (χ4v) is 4.27. The monoisotopic (exact) mass is 528 g/mol. The van der Waals surface area contributed by atoms with Gasteiger partial charge in [-0.3, -0.25) is 9.67 Å². The smallest absolute Gasteiger partial charge is 0.191 e. The summed E-state index contributed by atoms with van der Waals surface area (Å²) in [6.45, 7) is 2.92. The summed E-state index contributed by atoms with van der Waals surface area (Å²) in [4.78, 5) is 6.86. The second-order valence-corrected chi connectivity index (χ2v) is 8.45. The van der Waals surface area contributed by atoms with Crippen molar-refractivity contribution in [2.24, 2.45) is 12.0 Å². The number of hydrogen-bond donors (Lipinski definition) is 2. The topological polar surface area (TPSA) is 57.5 Å². The fourth-order valence-electron chi connectivity index (χ4n) is 4.08. The molecule has 2 aliphatic rings. The second kappa shape index (κ2) is 9.55. The summed E-state index contributed by atoms with van der Waals surface area (Å²) in [5.41, 5.74) is 2.70. The highest BCUT2D eigenvalue weighted by Gasteiger charge is 2.44. The van der Waals surface area contributed by atoms with E-state index in [9.17, 15) is 0 Å². The van der Waals surface area contributed by atoms with Crippen molar-refractivity contribution in [2.75, 3.05) is 31.6 Å². The Morgan fingerprint density at radius 1 is 1.38 bits per heavy atom. The highest BCUT2D eigenvalue weighted by molar-refractivity contribution is 14.0. The standard InChI is InChI=1S/C21H29ClN6.HI/c1-23-20(24-15-21(8-9-21)16-5-3-6-17(22)11-16)26-18-7-4-10-28(13-18)19-12-25-27(2)14-19;/h3,5-6,11-12,14,18H,4,7-10,13,15H2,1-2H3,(H2,23,24,26);1H. The third-order valence-corrected chi connectivity index (χ3v) is 6.16. The zero-order valence-electron chi connectivity index (χ0n) is 17.1. The minimum Gasteiger partial charge on any atom is -0.367 e. The van der Waals surface area contributed by atoms with Gasteiger partial charge in [0.1, 0.15) is 0 Å². The molecule has 0 bridgehead atoms. The van der Waals surface area contributed by atoms with Crippen molar-refractivity contribution in [3.05, 3.63) is 47.2 Å². The van der Waals surface area contributed by atoms with Crippen LogP contribution >= 0.6 is 35.6 Å². The number of piperidine rings is 1. The van der Waals surface area contributed by atoms with Gasteiger partial charge >= 0.3 is 0 Å². The Kier molecular flexibility index (Phi) is 7.32. The van der Waals surface area contributed by atoms with Crippen molar-refractivity contribution in [3.63, 3.8) is 0 Å². The minimum atomic E-state index is 0. The molecule has 2 fully saturated rings. The first-order chi connectivity index (χ1) is 13.6. The lowest BCUT2D eigenvalue weighted by Gasteiger charge is -2.34. The van der Waals surface area contributed by atoms with Gasteiger partial charge in [-0.25, -0.2) is 0 Å². The largest absolute Gasteiger partial charge is 0.367 e. The van der Waals surface area contributed by atoms with Crippen LogP contribution in [0.3, 0.4) is 0 Å². The molecule has 1 aromatic heterocycles. The van der Waals surface area contributed by atoms with Crippen molar-refractivity contribution in [3.8, 4) is 0 Å². The van der Waals surface area contributed by atoms with Gasteiger partial charge in [0.05, 0.1) is 11.9 Å². The van der Waals surface area contributed by atoms with Gasteiger partial charge in [-0.1, -0.05) is 23.7 Å². The van der Waals surface area contributed by atoms with Crippen LogP contribution in [0.15, 0.2) is 41.7 Å². The molecule has 1 atom stereocenters. The van der Waals surface area contributed by atoms with Crippen molar-refractivity contribution >= 4 is 47.2 Å². The normalized spacial score (nSPS) is 20.7. The number of aryl methyl sites for hydroxylation is 1. The maximum Gasteiger partial charge on any atom is 0.191 e. The lowest BCUT2D eigenvalue weighted by molar-refractivity contribution is 0.466. The van der Waals surface area contributed by atoms with Crippen LogP contribution < -0.4 is 15.5 Å². The summed E-state index contributed by atoms with van der Waals surface area (Å²) < 4.78 is 1.86. The number of nitrogens with zero attached hydrogens (tertiary/aromatic N) is 4. The molecule has 158 valence electrons. The number of aromatic nitrogens is 2. The lowest BCUT2D eigenvalue weighted by atomic mass is 9.96. The molecule has 0 radical (unpaired) electrons. The SMILES string of the molecule is CN=C(NCC1(c2cccc(Cl)c2)CC1)NC1CCCN(c2cnn(C)c2)C1.I. The zero-order chi connectivity index (χ0) is 19.6. The predicted octanol–water partition coefficient (Wildman–Crippen LogP) is 3.56. The fraction of sp³-hybridized carbons (Fsp3) is 0.524. The average Bonchev–Trinajstić information content (AvgIpc) is 3.38. The van der Waals surface area contributed by atoms with Gasteiger partial charge < -0.3 is 15.5 Å². The van der Waals surface area contributed by atoms with E-state index in [4.69, 9.17) is 11.6 Å². The average molecular weight is 529 g/mol. The lowest BCUT2D eigenvalue weighted by Crippen LogP contribution is -2.52. The van der Waals surface area contributed by atoms with Gasteiger partial charge in [0, 0.05) is 56.4 Å². The molecular weight excluding hydrogens is 499 g/mol. The highest BCUT2D eigenvalue weighted by Crippen LogP contribution is 2.48. The van der Waals surface area contributed by atoms with E-state index in [0.717, 1.165) is 43.5 Å². The van der Waals surface area contributed by atoms with Gasteiger partial charge in [0.15, 0.2) is 5.96 Å². The summed E-state index contributed by atoms with van der Waals surface area (Å²) in [6, 6.07) is 8.64. The number of nitrogens with one attached hydrogen (secondary N) is 2. The summed E-state index contributed by atoms with van der Waals surface area (Å²) in [6.07, 6.45) is 8.71. The molecule has 1 saturated carbocycles. The first-order valence-corrected chi connectivity index (χ1v) is 10.4. The van der Waals surface area contributed by atoms with Crippen LogP contribution in [0.5, 0.6) is 0 Å². The number of aliphatic imine (C=N–C) groups is 1. The van der Waals surface area contributed by atoms with E-state index in [0.29, 0.717) is 6.04 Å². The summed E-state index contributed by atoms with van der Waals surface area (Å²) >= 11 is 6.20. The van der Waals surface area contributed by atoms with Crippen LogP contribution in [0.1, 0.15) is 31.2 Å². The van der Waals surface area contributed by atoms with Crippen molar-refractivity contribution in [1.29, 1.82) is 0 Å². The Morgan fingerprint density at radius 3 is 2.86 bits per heavy atom. The van der Waals surface area contributed by atoms with Crippen molar-refractivity contribution in [2.45, 2.75) is 37.1 Å². The van der Waals surface area contributed by atoms with Gasteiger partial charge in [-0.2, -0.15) is 5.10 Å². The van der Waals surface area contributed by atoms with E-state index >= 15 is 0 Å². The molecule has 6 nitrogen and oxygen atoms in total. The quantitative estimate of drug-likeness (QED) is 0.354. The van der Waals surface area contributed by atoms with E-state index in [1.807, 2.05) is 37.1 Å². The molecule has 1 aromatic carbocycles. The maximum atomic E-state index is 6.20. The highest BCUT2D eigenvalue weighted by atomic mass is 127. The number of halogens is 2. The predicted molar refractivity (Wildman–Crippen MR) is 131 cm³/mol. The summed E-state index contributed by atoms with van der Waals surface area (Å²) in [5, 5.41) is 12.3. The van der Waals surface area contributed by atoms with E-state index in [-0.39, 0.29) is 29.4 Å². The zero-order valence-corrected chi connectivity index (χ0v) is 20.2. The van der Waals surface area contributed by atoms with Gasteiger partial charge in [-0.05, 0) is 43.4 Å². The molecular formula is C21H30ClIN6. The molecule has 4 rings (SSSR count). The van der Waals surface area contributed by atoms with Crippen LogP contribution in [0.25, 0.3) is 0 Å². The third-order valence-electron chi connectivity index (χ3n) is 5.93. The molecule has 8 heteroatoms. The number of guanidine groups is 1. The summed E-state index contributed by atoms with van der Waals surface area (Å²) in [7, 11) is 3.80. The molecule has 29 heavy (non-hydrogen) atoms. The Morgan fingerprint density at radius 2 is 2.21 bits per heavy atom. The van der Waals surface area contributed by atoms with Crippen molar-refractivity contribution < 1.29 is 0 Å². The summed E-state index contributed by atoms with van der Waals surface area (Å²) in [5.74, 6) is 0.881. The van der Waals surface area contributed by atoms with E-state index < -0.39 is 0 Å². The van der Waals surface area contributed by atoms with Gasteiger partial charge in [0.2, 0.25) is 0 Å². The number of anilines is 1. The number of hydrogen-bond acceptors (Lipinski definition) is 3. The number of rotatable bonds is 5. The molecule has 0 spiro atoms. The first-order valence-electron chi connectivity index (χ1n) is 10.0. The van der Waals surface area contributed by atoms with Crippen LogP contribution in [0.4, 0.5) is 5.69 Å². The minimum absolute atomic E-state index is 0. The molecule has 1 unspecified atom stereocenters. The Labute approximate surface area is 195 Å². The Bertz CT molecular complexity index is 847. The number of benzene rings is 1. The van der Waals surface area contributed by atoms with Crippen LogP contribution in [-0.4, -0.2) is 48.5 Å². The van der Waals surface area contributed by atoms with E-state index in [2.05, 4.69) is 44.0 Å². The Balaban J connectivity index is 0.00000240. The molecule has 2 heterocycles. The first kappa shape index (κ1) is 22.2. The van der Waals surface area contributed by atoms with Gasteiger partial charge in [-0.15, -0.1) is 24.0 Å². The molecule has 1 aliphatic heterocycles. The second-order valence-electron chi connectivity index (χ2n) is 8.02. The van der Waals surface area contributed by atoms with E-state index in [1.54, 1.807) is 0 Å². The maximum absolute atomic E-state index is 6.20. The van der Waals surface area contributed by atoms with Crippen LogP contribution in [-0.2, 0) is 12.5 Å². The van der Waals surface area contributed by atoms with Crippen LogP contribution in [0.2, 0.25) is 5.02 Å². The van der Waals surface area contributed by atoms with E-state index in [1.165, 1.54) is 24.1 Å². The molecule has 0 amide bonds.